The second kappa shape index (κ2) is 5.12. The molecule has 0 aromatic carbocycles. The van der Waals surface area contributed by atoms with E-state index in [0.29, 0.717) is 18.9 Å². The molecule has 2 amide bonds. The number of carbonyl (C=O) groups excluding carboxylic acids is 2. The highest BCUT2D eigenvalue weighted by atomic mass is 16.2. The summed E-state index contributed by atoms with van der Waals surface area (Å²) in [4.78, 5) is 25.8. The van der Waals surface area contributed by atoms with Crippen molar-refractivity contribution in [2.75, 3.05) is 13.1 Å². The summed E-state index contributed by atoms with van der Waals surface area (Å²) in [6, 6.07) is 0. The molecule has 0 radical (unpaired) electrons. The fraction of sp³-hybridized carbons (Fsp3) is 0.714. The number of nitrogens with one attached hydrogen (secondary N) is 1. The summed E-state index contributed by atoms with van der Waals surface area (Å²) in [5.74, 6) is 0.537. The molecular formula is C14H22N2O2. The van der Waals surface area contributed by atoms with E-state index < -0.39 is 5.54 Å². The molecule has 2 aliphatic rings. The van der Waals surface area contributed by atoms with Crippen molar-refractivity contribution in [3.05, 3.63) is 12.2 Å². The molecule has 0 aromatic rings. The normalized spacial score (nSPS) is 32.6. The van der Waals surface area contributed by atoms with Crippen LogP contribution < -0.4 is 5.32 Å². The zero-order chi connectivity index (χ0) is 13.2. The first-order valence-electron chi connectivity index (χ1n) is 6.80. The maximum absolute atomic E-state index is 12.4. The van der Waals surface area contributed by atoms with Gasteiger partial charge >= 0.3 is 0 Å². The summed E-state index contributed by atoms with van der Waals surface area (Å²) in [6.07, 6.45) is 8.24. The zero-order valence-electron chi connectivity index (χ0n) is 11.2. The van der Waals surface area contributed by atoms with Gasteiger partial charge in [0, 0.05) is 6.54 Å². The molecule has 1 aliphatic heterocycles. The van der Waals surface area contributed by atoms with E-state index in [9.17, 15) is 9.59 Å². The third-order valence-corrected chi connectivity index (χ3v) is 4.07. The van der Waals surface area contributed by atoms with Crippen LogP contribution in [0.2, 0.25) is 0 Å². The second-order valence-corrected chi connectivity index (χ2v) is 5.57. The third-order valence-electron chi connectivity index (χ3n) is 4.07. The van der Waals surface area contributed by atoms with Gasteiger partial charge in [0.15, 0.2) is 0 Å². The minimum atomic E-state index is -0.708. The van der Waals surface area contributed by atoms with E-state index in [2.05, 4.69) is 17.5 Å². The molecule has 4 heteroatoms. The standard InChI is InChI=1S/C14H22N2O2/c1-3-14(2)13(18)16(10-12(17)15-14)9-11-7-5-4-6-8-11/h4-5,11H,3,6-10H2,1-2H3,(H,15,17). The van der Waals surface area contributed by atoms with Gasteiger partial charge in [-0.05, 0) is 38.5 Å². The number of rotatable bonds is 3. The Morgan fingerprint density at radius 3 is 2.83 bits per heavy atom. The Hall–Kier alpha value is -1.32. The van der Waals surface area contributed by atoms with E-state index >= 15 is 0 Å². The first-order chi connectivity index (χ1) is 8.55. The van der Waals surface area contributed by atoms with E-state index in [0.717, 1.165) is 19.3 Å². The van der Waals surface area contributed by atoms with Gasteiger partial charge in [-0.2, -0.15) is 0 Å². The van der Waals surface area contributed by atoms with Gasteiger partial charge in [-0.25, -0.2) is 0 Å². The molecule has 1 N–H and O–H groups in total. The summed E-state index contributed by atoms with van der Waals surface area (Å²) in [5.41, 5.74) is -0.708. The summed E-state index contributed by atoms with van der Waals surface area (Å²) in [5, 5.41) is 2.82. The third kappa shape index (κ3) is 2.57. The van der Waals surface area contributed by atoms with Crippen molar-refractivity contribution < 1.29 is 9.59 Å². The molecule has 4 nitrogen and oxygen atoms in total. The average Bonchev–Trinajstić information content (AvgIpc) is 2.37. The average molecular weight is 250 g/mol. The SMILES string of the molecule is CCC1(C)NC(=O)CN(CC2CC=CCC2)C1=O. The highest BCUT2D eigenvalue weighted by Crippen LogP contribution is 2.23. The Bertz CT molecular complexity index is 378. The van der Waals surface area contributed by atoms with Gasteiger partial charge in [0.2, 0.25) is 11.8 Å². The topological polar surface area (TPSA) is 49.4 Å². The van der Waals surface area contributed by atoms with Gasteiger partial charge in [0.1, 0.15) is 5.54 Å². The first-order valence-corrected chi connectivity index (χ1v) is 6.80. The molecular weight excluding hydrogens is 228 g/mol. The van der Waals surface area contributed by atoms with Crippen molar-refractivity contribution >= 4 is 11.8 Å². The number of hydrogen-bond donors (Lipinski definition) is 1. The monoisotopic (exact) mass is 250 g/mol. The van der Waals surface area contributed by atoms with Crippen LogP contribution in [0.15, 0.2) is 12.2 Å². The number of piperazine rings is 1. The van der Waals surface area contributed by atoms with Crippen molar-refractivity contribution in [1.82, 2.24) is 10.2 Å². The van der Waals surface area contributed by atoms with E-state index in [1.807, 2.05) is 13.8 Å². The molecule has 18 heavy (non-hydrogen) atoms. The van der Waals surface area contributed by atoms with Crippen molar-refractivity contribution in [3.63, 3.8) is 0 Å². The molecule has 2 rings (SSSR count). The smallest absolute Gasteiger partial charge is 0.248 e. The fourth-order valence-corrected chi connectivity index (χ4v) is 2.72. The van der Waals surface area contributed by atoms with Crippen LogP contribution in [0.3, 0.4) is 0 Å². The van der Waals surface area contributed by atoms with Crippen LogP contribution in [0.4, 0.5) is 0 Å². The maximum atomic E-state index is 12.4. The highest BCUT2D eigenvalue weighted by molar-refractivity contribution is 5.97. The Kier molecular flexibility index (Phi) is 3.73. The first kappa shape index (κ1) is 13.1. The lowest BCUT2D eigenvalue weighted by atomic mass is 9.90. The van der Waals surface area contributed by atoms with Crippen molar-refractivity contribution in [3.8, 4) is 0 Å². The molecule has 0 spiro atoms. The number of hydrogen-bond acceptors (Lipinski definition) is 2. The molecule has 1 heterocycles. The molecule has 0 aromatic heterocycles. The largest absolute Gasteiger partial charge is 0.340 e. The molecule has 0 saturated carbocycles. The van der Waals surface area contributed by atoms with Gasteiger partial charge < -0.3 is 10.2 Å². The minimum Gasteiger partial charge on any atom is -0.340 e. The zero-order valence-corrected chi connectivity index (χ0v) is 11.2. The van der Waals surface area contributed by atoms with Crippen LogP contribution in [0.25, 0.3) is 0 Å². The Morgan fingerprint density at radius 2 is 2.22 bits per heavy atom. The Labute approximate surface area is 108 Å². The van der Waals surface area contributed by atoms with Crippen molar-refractivity contribution in [2.24, 2.45) is 5.92 Å². The van der Waals surface area contributed by atoms with Crippen LogP contribution >= 0.6 is 0 Å². The quantitative estimate of drug-likeness (QED) is 0.771. The summed E-state index contributed by atoms with van der Waals surface area (Å²) in [7, 11) is 0. The number of carbonyl (C=O) groups is 2. The van der Waals surface area contributed by atoms with Crippen molar-refractivity contribution in [1.29, 1.82) is 0 Å². The van der Waals surface area contributed by atoms with E-state index in [4.69, 9.17) is 0 Å². The molecule has 1 fully saturated rings. The van der Waals surface area contributed by atoms with E-state index in [-0.39, 0.29) is 18.4 Å². The fourth-order valence-electron chi connectivity index (χ4n) is 2.72. The van der Waals surface area contributed by atoms with Gasteiger partial charge in [0.25, 0.3) is 0 Å². The molecule has 0 bridgehead atoms. The molecule has 2 unspecified atom stereocenters. The van der Waals surface area contributed by atoms with Gasteiger partial charge in [-0.3, -0.25) is 9.59 Å². The van der Waals surface area contributed by atoms with E-state index in [1.54, 1.807) is 4.90 Å². The Morgan fingerprint density at radius 1 is 1.44 bits per heavy atom. The number of nitrogens with zero attached hydrogens (tertiary/aromatic N) is 1. The van der Waals surface area contributed by atoms with Crippen LogP contribution in [0.1, 0.15) is 39.5 Å². The summed E-state index contributed by atoms with van der Waals surface area (Å²) >= 11 is 0. The van der Waals surface area contributed by atoms with Crippen LogP contribution in [0.5, 0.6) is 0 Å². The summed E-state index contributed by atoms with van der Waals surface area (Å²) < 4.78 is 0. The number of amides is 2. The van der Waals surface area contributed by atoms with Gasteiger partial charge in [-0.15, -0.1) is 0 Å². The van der Waals surface area contributed by atoms with Crippen LogP contribution in [0, 0.1) is 5.92 Å². The van der Waals surface area contributed by atoms with Crippen LogP contribution in [-0.4, -0.2) is 35.3 Å². The lowest BCUT2D eigenvalue weighted by molar-refractivity contribution is -0.150. The Balaban J connectivity index is 2.04. The second-order valence-electron chi connectivity index (χ2n) is 5.57. The predicted octanol–water partition coefficient (Wildman–Crippen LogP) is 1.47. The molecule has 100 valence electrons. The molecule has 2 atom stereocenters. The maximum Gasteiger partial charge on any atom is 0.248 e. The molecule has 1 saturated heterocycles. The van der Waals surface area contributed by atoms with Crippen molar-refractivity contribution in [2.45, 2.75) is 45.1 Å². The van der Waals surface area contributed by atoms with Gasteiger partial charge in [-0.1, -0.05) is 19.1 Å². The highest BCUT2D eigenvalue weighted by Gasteiger charge is 2.41. The van der Waals surface area contributed by atoms with Crippen LogP contribution in [-0.2, 0) is 9.59 Å². The van der Waals surface area contributed by atoms with Gasteiger partial charge in [0.05, 0.1) is 6.54 Å². The summed E-state index contributed by atoms with van der Waals surface area (Å²) in [6.45, 7) is 4.69. The number of allylic oxidation sites excluding steroid dienone is 2. The predicted molar refractivity (Wildman–Crippen MR) is 69.9 cm³/mol. The molecule has 1 aliphatic carbocycles. The lowest BCUT2D eigenvalue weighted by Gasteiger charge is -2.40. The minimum absolute atomic E-state index is 0.0368. The van der Waals surface area contributed by atoms with E-state index in [1.165, 1.54) is 0 Å². The lowest BCUT2D eigenvalue weighted by Crippen LogP contribution is -2.65.